The predicted octanol–water partition coefficient (Wildman–Crippen LogP) is 4.03. The summed E-state index contributed by atoms with van der Waals surface area (Å²) in [5, 5.41) is 2.91. The monoisotopic (exact) mass is 499 g/mol. The molecule has 0 bridgehead atoms. The summed E-state index contributed by atoms with van der Waals surface area (Å²) in [6, 6.07) is 6.54. The summed E-state index contributed by atoms with van der Waals surface area (Å²) >= 11 is 0. The van der Waals surface area contributed by atoms with Gasteiger partial charge in [0.05, 0.1) is 12.9 Å². The SMILES string of the molecule is Cc1cncn1Cc1cccc(NC(=O)C2CN(C(=O)OC(C)(C)C)CCN2C(=O)OC(C)(C)C)c1. The summed E-state index contributed by atoms with van der Waals surface area (Å²) in [6.07, 6.45) is 2.42. The number of nitrogens with zero attached hydrogens (tertiary/aromatic N) is 4. The molecule has 196 valence electrons. The molecule has 0 spiro atoms. The van der Waals surface area contributed by atoms with Crippen molar-refractivity contribution in [1.29, 1.82) is 0 Å². The van der Waals surface area contributed by atoms with Gasteiger partial charge in [0, 0.05) is 37.2 Å². The van der Waals surface area contributed by atoms with E-state index in [4.69, 9.17) is 9.47 Å². The number of carbonyl (C=O) groups is 3. The molecule has 2 aromatic rings. The third-order valence-electron chi connectivity index (χ3n) is 5.43. The van der Waals surface area contributed by atoms with Crippen LogP contribution in [0.1, 0.15) is 52.8 Å². The van der Waals surface area contributed by atoms with Gasteiger partial charge in [0.2, 0.25) is 5.91 Å². The molecule has 3 amide bonds. The average molecular weight is 500 g/mol. The Kier molecular flexibility index (Phi) is 7.96. The quantitative estimate of drug-likeness (QED) is 0.681. The standard InChI is InChI=1S/C26H37N5O5/c1-18-14-27-17-30(18)15-19-9-8-10-20(13-19)28-22(32)21-16-29(23(33)35-25(2,3)4)11-12-31(21)24(34)36-26(5,6)7/h8-10,13-14,17,21H,11-12,15-16H2,1-7H3,(H,28,32). The van der Waals surface area contributed by atoms with Gasteiger partial charge in [-0.15, -0.1) is 0 Å². The van der Waals surface area contributed by atoms with Crippen LogP contribution in [0.4, 0.5) is 15.3 Å². The van der Waals surface area contributed by atoms with E-state index in [-0.39, 0.29) is 19.6 Å². The predicted molar refractivity (Wildman–Crippen MR) is 136 cm³/mol. The molecule has 0 saturated carbocycles. The fourth-order valence-electron chi connectivity index (χ4n) is 3.76. The Hall–Kier alpha value is -3.56. The molecule has 10 nitrogen and oxygen atoms in total. The number of hydrogen-bond acceptors (Lipinski definition) is 6. The summed E-state index contributed by atoms with van der Waals surface area (Å²) in [5.41, 5.74) is 1.21. The number of amides is 3. The van der Waals surface area contributed by atoms with Crippen molar-refractivity contribution in [1.82, 2.24) is 19.4 Å². The number of aromatic nitrogens is 2. The molecule has 36 heavy (non-hydrogen) atoms. The summed E-state index contributed by atoms with van der Waals surface area (Å²) in [4.78, 5) is 46.0. The Morgan fingerprint density at radius 2 is 1.69 bits per heavy atom. The van der Waals surface area contributed by atoms with Gasteiger partial charge >= 0.3 is 12.2 Å². The summed E-state index contributed by atoms with van der Waals surface area (Å²) in [6.45, 7) is 13.6. The van der Waals surface area contributed by atoms with Gasteiger partial charge in [-0.25, -0.2) is 14.6 Å². The highest BCUT2D eigenvalue weighted by atomic mass is 16.6. The minimum absolute atomic E-state index is 0.00604. The molecule has 1 aromatic carbocycles. The molecule has 1 aliphatic rings. The number of imidazole rings is 1. The highest BCUT2D eigenvalue weighted by Crippen LogP contribution is 2.20. The Morgan fingerprint density at radius 3 is 2.31 bits per heavy atom. The first-order chi connectivity index (χ1) is 16.7. The minimum atomic E-state index is -0.944. The Morgan fingerprint density at radius 1 is 1.03 bits per heavy atom. The van der Waals surface area contributed by atoms with Crippen molar-refractivity contribution in [2.24, 2.45) is 0 Å². The number of rotatable bonds is 4. The van der Waals surface area contributed by atoms with Gasteiger partial charge in [-0.3, -0.25) is 9.69 Å². The second kappa shape index (κ2) is 10.6. The van der Waals surface area contributed by atoms with Gasteiger partial charge < -0.3 is 24.3 Å². The average Bonchev–Trinajstić information content (AvgIpc) is 3.15. The molecule has 1 aromatic heterocycles. The fraction of sp³-hybridized carbons (Fsp3) is 0.538. The number of ether oxygens (including phenoxy) is 2. The summed E-state index contributed by atoms with van der Waals surface area (Å²) in [5.74, 6) is -0.412. The molecule has 1 unspecified atom stereocenters. The third-order valence-corrected chi connectivity index (χ3v) is 5.43. The highest BCUT2D eigenvalue weighted by Gasteiger charge is 2.40. The van der Waals surface area contributed by atoms with Crippen molar-refractivity contribution in [2.45, 2.75) is 72.3 Å². The third kappa shape index (κ3) is 7.47. The van der Waals surface area contributed by atoms with Crippen molar-refractivity contribution < 1.29 is 23.9 Å². The maximum absolute atomic E-state index is 13.4. The lowest BCUT2D eigenvalue weighted by molar-refractivity contribution is -0.123. The number of aryl methyl sites for hydroxylation is 1. The normalized spacial score (nSPS) is 16.5. The molecule has 10 heteroatoms. The number of piperazine rings is 1. The number of carbonyl (C=O) groups excluding carboxylic acids is 3. The lowest BCUT2D eigenvalue weighted by atomic mass is 10.1. The van der Waals surface area contributed by atoms with Gasteiger partial charge in [0.25, 0.3) is 0 Å². The van der Waals surface area contributed by atoms with E-state index in [1.54, 1.807) is 60.1 Å². The van der Waals surface area contributed by atoms with E-state index in [1.165, 1.54) is 9.80 Å². The molecular formula is C26H37N5O5. The molecule has 0 radical (unpaired) electrons. The Balaban J connectivity index is 1.78. The number of anilines is 1. The van der Waals surface area contributed by atoms with Crippen molar-refractivity contribution in [2.75, 3.05) is 25.0 Å². The van der Waals surface area contributed by atoms with Crippen LogP contribution >= 0.6 is 0 Å². The van der Waals surface area contributed by atoms with Crippen LogP contribution in [0.2, 0.25) is 0 Å². The maximum atomic E-state index is 13.4. The fourth-order valence-corrected chi connectivity index (χ4v) is 3.76. The molecule has 1 saturated heterocycles. The second-order valence-corrected chi connectivity index (χ2v) is 11.0. The van der Waals surface area contributed by atoms with E-state index in [2.05, 4.69) is 10.3 Å². The molecule has 1 atom stereocenters. The summed E-state index contributed by atoms with van der Waals surface area (Å²) < 4.78 is 13.0. The van der Waals surface area contributed by atoms with Crippen LogP contribution in [0.3, 0.4) is 0 Å². The van der Waals surface area contributed by atoms with E-state index in [0.717, 1.165) is 11.3 Å². The zero-order valence-electron chi connectivity index (χ0n) is 22.2. The minimum Gasteiger partial charge on any atom is -0.444 e. The van der Waals surface area contributed by atoms with E-state index >= 15 is 0 Å². The van der Waals surface area contributed by atoms with Crippen LogP contribution in [-0.2, 0) is 20.8 Å². The highest BCUT2D eigenvalue weighted by molar-refractivity contribution is 5.97. The topological polar surface area (TPSA) is 106 Å². The molecule has 3 rings (SSSR count). The van der Waals surface area contributed by atoms with E-state index < -0.39 is 35.3 Å². The molecule has 2 heterocycles. The summed E-state index contributed by atoms with van der Waals surface area (Å²) in [7, 11) is 0. The number of hydrogen-bond donors (Lipinski definition) is 1. The van der Waals surface area contributed by atoms with Crippen LogP contribution in [0.25, 0.3) is 0 Å². The molecule has 1 aliphatic heterocycles. The zero-order valence-corrected chi connectivity index (χ0v) is 22.2. The molecule has 1 N–H and O–H groups in total. The van der Waals surface area contributed by atoms with Gasteiger partial charge in [-0.1, -0.05) is 12.1 Å². The zero-order chi connectivity index (χ0) is 26.7. The first-order valence-electron chi connectivity index (χ1n) is 12.1. The van der Waals surface area contributed by atoms with Crippen molar-refractivity contribution >= 4 is 23.8 Å². The largest absolute Gasteiger partial charge is 0.444 e. The Bertz CT molecular complexity index is 1100. The smallest absolute Gasteiger partial charge is 0.411 e. The van der Waals surface area contributed by atoms with Crippen LogP contribution in [0.15, 0.2) is 36.8 Å². The molecule has 0 aliphatic carbocycles. The van der Waals surface area contributed by atoms with Crippen LogP contribution < -0.4 is 5.32 Å². The van der Waals surface area contributed by atoms with Crippen molar-refractivity contribution in [3.8, 4) is 0 Å². The van der Waals surface area contributed by atoms with Crippen molar-refractivity contribution in [3.63, 3.8) is 0 Å². The van der Waals surface area contributed by atoms with Gasteiger partial charge in [-0.05, 0) is 66.2 Å². The first kappa shape index (κ1) is 27.0. The first-order valence-corrected chi connectivity index (χ1v) is 12.1. The van der Waals surface area contributed by atoms with E-state index in [1.807, 2.05) is 29.7 Å². The Labute approximate surface area is 212 Å². The van der Waals surface area contributed by atoms with E-state index in [9.17, 15) is 14.4 Å². The molecular weight excluding hydrogens is 462 g/mol. The maximum Gasteiger partial charge on any atom is 0.411 e. The van der Waals surface area contributed by atoms with Crippen LogP contribution in [0, 0.1) is 6.92 Å². The molecule has 1 fully saturated rings. The van der Waals surface area contributed by atoms with Crippen LogP contribution in [-0.4, -0.2) is 74.3 Å². The van der Waals surface area contributed by atoms with Crippen molar-refractivity contribution in [3.05, 3.63) is 48.0 Å². The van der Waals surface area contributed by atoms with Gasteiger partial charge in [0.15, 0.2) is 0 Å². The lowest BCUT2D eigenvalue weighted by Crippen LogP contribution is -2.61. The van der Waals surface area contributed by atoms with Crippen LogP contribution in [0.5, 0.6) is 0 Å². The lowest BCUT2D eigenvalue weighted by Gasteiger charge is -2.41. The van der Waals surface area contributed by atoms with Gasteiger partial charge in [-0.2, -0.15) is 0 Å². The van der Waals surface area contributed by atoms with E-state index in [0.29, 0.717) is 12.2 Å². The van der Waals surface area contributed by atoms with Gasteiger partial charge in [0.1, 0.15) is 17.2 Å². The number of nitrogens with one attached hydrogen (secondary N) is 1. The number of benzene rings is 1. The second-order valence-electron chi connectivity index (χ2n) is 11.0.